The van der Waals surface area contributed by atoms with Gasteiger partial charge in [0.1, 0.15) is 11.7 Å². The quantitative estimate of drug-likeness (QED) is 0.818. The lowest BCUT2D eigenvalue weighted by molar-refractivity contribution is -0.158. The first-order chi connectivity index (χ1) is 11.8. The molecule has 2 atom stereocenters. The van der Waals surface area contributed by atoms with E-state index in [1.165, 1.54) is 0 Å². The molecule has 1 aliphatic rings. The van der Waals surface area contributed by atoms with E-state index in [9.17, 15) is 9.59 Å². The van der Waals surface area contributed by atoms with Crippen molar-refractivity contribution in [2.24, 2.45) is 0 Å². The zero-order valence-corrected chi connectivity index (χ0v) is 15.5. The highest BCUT2D eigenvalue weighted by Gasteiger charge is 2.32. The third kappa shape index (κ3) is 5.83. The molecule has 1 N–H and O–H groups in total. The van der Waals surface area contributed by atoms with E-state index in [-0.39, 0.29) is 11.9 Å². The zero-order valence-electron chi connectivity index (χ0n) is 15.5. The number of carbonyl (C=O) groups is 2. The molecule has 0 aliphatic carbocycles. The number of carbonyl (C=O) groups excluding carboxylic acids is 2. The number of rotatable bonds is 5. The summed E-state index contributed by atoms with van der Waals surface area (Å²) < 4.78 is 11.1. The van der Waals surface area contributed by atoms with E-state index in [2.05, 4.69) is 10.2 Å². The van der Waals surface area contributed by atoms with Gasteiger partial charge in [0, 0.05) is 26.7 Å². The molecule has 0 spiro atoms. The molecule has 0 aromatic heterocycles. The highest BCUT2D eigenvalue weighted by Crippen LogP contribution is 2.23. The maximum absolute atomic E-state index is 12.7. The minimum Gasteiger partial charge on any atom is -0.459 e. The summed E-state index contributed by atoms with van der Waals surface area (Å²) in [6.45, 7) is 7.70. The van der Waals surface area contributed by atoms with Crippen molar-refractivity contribution in [1.29, 1.82) is 0 Å². The average molecular weight is 348 g/mol. The first-order valence-electron chi connectivity index (χ1n) is 8.63. The summed E-state index contributed by atoms with van der Waals surface area (Å²) in [6.07, 6.45) is -0.506. The molecule has 138 valence electrons. The van der Waals surface area contributed by atoms with Gasteiger partial charge in [-0.05, 0) is 26.3 Å². The van der Waals surface area contributed by atoms with Crippen LogP contribution in [0.3, 0.4) is 0 Å². The van der Waals surface area contributed by atoms with E-state index < -0.39 is 17.6 Å². The molecule has 1 aromatic rings. The highest BCUT2D eigenvalue weighted by molar-refractivity contribution is 5.81. The van der Waals surface area contributed by atoms with Gasteiger partial charge in [-0.25, -0.2) is 0 Å². The molecule has 2 unspecified atom stereocenters. The molecule has 0 bridgehead atoms. The summed E-state index contributed by atoms with van der Waals surface area (Å²) in [7, 11) is 1.60. The van der Waals surface area contributed by atoms with Crippen molar-refractivity contribution in [2.45, 2.75) is 38.4 Å². The van der Waals surface area contributed by atoms with Crippen molar-refractivity contribution in [3.8, 4) is 0 Å². The fourth-order valence-corrected chi connectivity index (χ4v) is 2.82. The van der Waals surface area contributed by atoms with Crippen molar-refractivity contribution < 1.29 is 19.1 Å². The van der Waals surface area contributed by atoms with E-state index in [0.29, 0.717) is 26.2 Å². The fraction of sp³-hybridized carbons (Fsp3) is 0.579. The Bertz CT molecular complexity index is 583. The standard InChI is InChI=1S/C19H28N2O4/c1-19(2,3)25-18(23)15(14-8-6-5-7-9-14)12-21-10-11-24-16(13-21)17(22)20-4/h5-9,15-16H,10-13H2,1-4H3,(H,20,22). The number of ether oxygens (including phenoxy) is 2. The summed E-state index contributed by atoms with van der Waals surface area (Å²) in [5.41, 5.74) is 0.375. The molecule has 1 fully saturated rings. The Kier molecular flexibility index (Phi) is 6.56. The first-order valence-corrected chi connectivity index (χ1v) is 8.63. The Labute approximate surface area is 149 Å². The highest BCUT2D eigenvalue weighted by atomic mass is 16.6. The van der Waals surface area contributed by atoms with Gasteiger partial charge in [0.2, 0.25) is 5.91 Å². The van der Waals surface area contributed by atoms with Crippen LogP contribution in [0, 0.1) is 0 Å². The maximum atomic E-state index is 12.7. The number of hydrogen-bond donors (Lipinski definition) is 1. The average Bonchev–Trinajstić information content (AvgIpc) is 2.58. The predicted molar refractivity (Wildman–Crippen MR) is 95.3 cm³/mol. The van der Waals surface area contributed by atoms with Crippen molar-refractivity contribution in [3.05, 3.63) is 35.9 Å². The van der Waals surface area contributed by atoms with Gasteiger partial charge in [-0.15, -0.1) is 0 Å². The Hall–Kier alpha value is -1.92. The molecule has 0 saturated carbocycles. The third-order valence-corrected chi connectivity index (χ3v) is 4.02. The monoisotopic (exact) mass is 348 g/mol. The number of morpholine rings is 1. The van der Waals surface area contributed by atoms with E-state index in [0.717, 1.165) is 5.56 Å². The molecule has 1 saturated heterocycles. The maximum Gasteiger partial charge on any atom is 0.315 e. The zero-order chi connectivity index (χ0) is 18.4. The summed E-state index contributed by atoms with van der Waals surface area (Å²) in [5.74, 6) is -0.788. The van der Waals surface area contributed by atoms with Crippen LogP contribution in [-0.2, 0) is 19.1 Å². The summed E-state index contributed by atoms with van der Waals surface area (Å²) in [5, 5.41) is 2.61. The van der Waals surface area contributed by atoms with Gasteiger partial charge in [-0.1, -0.05) is 30.3 Å². The number of hydrogen-bond acceptors (Lipinski definition) is 5. The lowest BCUT2D eigenvalue weighted by Crippen LogP contribution is -2.50. The molecule has 1 aromatic carbocycles. The van der Waals surface area contributed by atoms with Gasteiger partial charge >= 0.3 is 5.97 Å². The number of nitrogens with one attached hydrogen (secondary N) is 1. The minimum atomic E-state index is -0.542. The summed E-state index contributed by atoms with van der Waals surface area (Å²) in [6, 6.07) is 9.63. The van der Waals surface area contributed by atoms with Crippen LogP contribution in [0.4, 0.5) is 0 Å². The molecule has 25 heavy (non-hydrogen) atoms. The summed E-state index contributed by atoms with van der Waals surface area (Å²) >= 11 is 0. The predicted octanol–water partition coefficient (Wildman–Crippen LogP) is 1.56. The second-order valence-corrected chi connectivity index (χ2v) is 7.23. The van der Waals surface area contributed by atoms with Crippen LogP contribution in [0.1, 0.15) is 32.3 Å². The first kappa shape index (κ1) is 19.4. The molecule has 2 rings (SSSR count). The Morgan fingerprint density at radius 3 is 2.60 bits per heavy atom. The van der Waals surface area contributed by atoms with Crippen molar-refractivity contribution in [2.75, 3.05) is 33.3 Å². The van der Waals surface area contributed by atoms with Gasteiger partial charge in [0.25, 0.3) is 0 Å². The normalized spacial score (nSPS) is 19.9. The topological polar surface area (TPSA) is 67.9 Å². The molecule has 1 amide bonds. The summed E-state index contributed by atoms with van der Waals surface area (Å²) in [4.78, 5) is 26.7. The number of amides is 1. The molecular weight excluding hydrogens is 320 g/mol. The Balaban J connectivity index is 2.13. The van der Waals surface area contributed by atoms with Gasteiger partial charge in [-0.2, -0.15) is 0 Å². The molecule has 1 aliphatic heterocycles. The minimum absolute atomic E-state index is 0.141. The van der Waals surface area contributed by atoms with E-state index in [1.54, 1.807) is 7.05 Å². The van der Waals surface area contributed by atoms with Crippen LogP contribution in [-0.4, -0.2) is 61.8 Å². The molecule has 0 radical (unpaired) electrons. The largest absolute Gasteiger partial charge is 0.459 e. The number of likely N-dealkylation sites (N-methyl/N-ethyl adjacent to an activating group) is 1. The smallest absolute Gasteiger partial charge is 0.315 e. The van der Waals surface area contributed by atoms with Crippen LogP contribution in [0.5, 0.6) is 0 Å². The lowest BCUT2D eigenvalue weighted by Gasteiger charge is -2.34. The third-order valence-electron chi connectivity index (χ3n) is 4.02. The van der Waals surface area contributed by atoms with Gasteiger partial charge in [-0.3, -0.25) is 14.5 Å². The van der Waals surface area contributed by atoms with Crippen molar-refractivity contribution >= 4 is 11.9 Å². The van der Waals surface area contributed by atoms with Crippen LogP contribution in [0.25, 0.3) is 0 Å². The second kappa shape index (κ2) is 8.45. The SMILES string of the molecule is CNC(=O)C1CN(CC(C(=O)OC(C)(C)C)c2ccccc2)CCO1. The Morgan fingerprint density at radius 2 is 2.00 bits per heavy atom. The number of esters is 1. The molecule has 6 nitrogen and oxygen atoms in total. The van der Waals surface area contributed by atoms with Crippen LogP contribution >= 0.6 is 0 Å². The fourth-order valence-electron chi connectivity index (χ4n) is 2.82. The van der Waals surface area contributed by atoms with Gasteiger partial charge < -0.3 is 14.8 Å². The Morgan fingerprint density at radius 1 is 1.32 bits per heavy atom. The number of nitrogens with zero attached hydrogens (tertiary/aromatic N) is 1. The molecule has 1 heterocycles. The van der Waals surface area contributed by atoms with Gasteiger partial charge in [0.05, 0.1) is 12.5 Å². The van der Waals surface area contributed by atoms with Crippen LogP contribution in [0.2, 0.25) is 0 Å². The van der Waals surface area contributed by atoms with Gasteiger partial charge in [0.15, 0.2) is 0 Å². The van der Waals surface area contributed by atoms with E-state index in [1.807, 2.05) is 51.1 Å². The molecule has 6 heteroatoms. The van der Waals surface area contributed by atoms with Crippen molar-refractivity contribution in [3.63, 3.8) is 0 Å². The van der Waals surface area contributed by atoms with Crippen molar-refractivity contribution in [1.82, 2.24) is 10.2 Å². The van der Waals surface area contributed by atoms with E-state index in [4.69, 9.17) is 9.47 Å². The van der Waals surface area contributed by atoms with Crippen LogP contribution in [0.15, 0.2) is 30.3 Å². The molecular formula is C19H28N2O4. The lowest BCUT2D eigenvalue weighted by atomic mass is 9.97. The van der Waals surface area contributed by atoms with Crippen LogP contribution < -0.4 is 5.32 Å². The number of benzene rings is 1. The van der Waals surface area contributed by atoms with E-state index >= 15 is 0 Å². The second-order valence-electron chi connectivity index (χ2n) is 7.23.